The monoisotopic (exact) mass is 546 g/mol. The molecule has 3 aromatic carbocycles. The SMILES string of the molecule is CC[C@@H](C(=O)N1CCC(COc2ccc(Cl)c(C)c2)(CC(=O)N(C)Cc2ccccc2)CC1)c1ccccc1. The van der Waals surface area contributed by atoms with Crippen molar-refractivity contribution in [2.24, 2.45) is 5.41 Å². The Labute approximate surface area is 237 Å². The first-order valence-electron chi connectivity index (χ1n) is 13.8. The molecule has 2 amide bonds. The third kappa shape index (κ3) is 7.42. The second kappa shape index (κ2) is 13.2. The Morgan fingerprint density at radius 3 is 2.26 bits per heavy atom. The highest BCUT2D eigenvalue weighted by Crippen LogP contribution is 2.38. The lowest BCUT2D eigenvalue weighted by Crippen LogP contribution is -2.48. The molecule has 0 saturated carbocycles. The number of amides is 2. The van der Waals surface area contributed by atoms with Gasteiger partial charge in [0, 0.05) is 43.5 Å². The van der Waals surface area contributed by atoms with Gasteiger partial charge in [0.1, 0.15) is 5.75 Å². The third-order valence-electron chi connectivity index (χ3n) is 7.93. The smallest absolute Gasteiger partial charge is 0.230 e. The van der Waals surface area contributed by atoms with E-state index in [2.05, 4.69) is 6.92 Å². The molecule has 3 aromatic rings. The molecule has 1 saturated heterocycles. The van der Waals surface area contributed by atoms with Crippen molar-refractivity contribution in [2.45, 2.75) is 52.0 Å². The number of carbonyl (C=O) groups excluding carboxylic acids is 2. The van der Waals surface area contributed by atoms with Crippen LogP contribution in [0.1, 0.15) is 55.2 Å². The van der Waals surface area contributed by atoms with Gasteiger partial charge in [-0.05, 0) is 61.1 Å². The van der Waals surface area contributed by atoms with Gasteiger partial charge in [0.15, 0.2) is 0 Å². The molecule has 1 aliphatic rings. The van der Waals surface area contributed by atoms with E-state index in [-0.39, 0.29) is 23.1 Å². The summed E-state index contributed by atoms with van der Waals surface area (Å²) < 4.78 is 6.28. The number of nitrogens with zero attached hydrogens (tertiary/aromatic N) is 2. The summed E-state index contributed by atoms with van der Waals surface area (Å²) in [4.78, 5) is 30.8. The lowest BCUT2D eigenvalue weighted by Gasteiger charge is -2.42. The van der Waals surface area contributed by atoms with E-state index in [1.54, 1.807) is 4.90 Å². The highest BCUT2D eigenvalue weighted by molar-refractivity contribution is 6.31. The fourth-order valence-electron chi connectivity index (χ4n) is 5.38. The van der Waals surface area contributed by atoms with E-state index in [1.807, 2.05) is 97.7 Å². The number of ether oxygens (including phenoxy) is 1. The summed E-state index contributed by atoms with van der Waals surface area (Å²) >= 11 is 6.21. The van der Waals surface area contributed by atoms with Gasteiger partial charge in [-0.2, -0.15) is 0 Å². The number of rotatable bonds is 10. The first-order valence-corrected chi connectivity index (χ1v) is 14.2. The van der Waals surface area contributed by atoms with Crippen molar-refractivity contribution in [3.63, 3.8) is 0 Å². The highest BCUT2D eigenvalue weighted by Gasteiger charge is 2.40. The number of carbonyl (C=O) groups is 2. The third-order valence-corrected chi connectivity index (χ3v) is 8.36. The van der Waals surface area contributed by atoms with Crippen molar-refractivity contribution < 1.29 is 14.3 Å². The molecular weight excluding hydrogens is 508 g/mol. The summed E-state index contributed by atoms with van der Waals surface area (Å²) in [5.41, 5.74) is 2.75. The molecule has 5 nitrogen and oxygen atoms in total. The van der Waals surface area contributed by atoms with Crippen LogP contribution in [-0.4, -0.2) is 48.4 Å². The van der Waals surface area contributed by atoms with E-state index in [9.17, 15) is 9.59 Å². The number of hydrogen-bond acceptors (Lipinski definition) is 3. The molecule has 0 aromatic heterocycles. The standard InChI is InChI=1S/C33H39ClN2O3/c1-4-29(27-13-9-6-10-14-27)32(38)36-19-17-33(18-20-36,24-39-28-15-16-30(34)25(2)21-28)22-31(37)35(3)23-26-11-7-5-8-12-26/h5-16,21,29H,4,17-20,22-24H2,1-3H3/t29-/m1/s1. The number of hydrogen-bond donors (Lipinski definition) is 0. The summed E-state index contributed by atoms with van der Waals surface area (Å²) in [6.07, 6.45) is 2.55. The zero-order valence-corrected chi connectivity index (χ0v) is 24.0. The van der Waals surface area contributed by atoms with Crippen LogP contribution in [0, 0.1) is 12.3 Å². The Balaban J connectivity index is 1.47. The van der Waals surface area contributed by atoms with Crippen LogP contribution in [0.3, 0.4) is 0 Å². The van der Waals surface area contributed by atoms with Crippen LogP contribution in [0.25, 0.3) is 0 Å². The van der Waals surface area contributed by atoms with Crippen molar-refractivity contribution in [1.82, 2.24) is 9.80 Å². The first-order chi connectivity index (χ1) is 18.8. The van der Waals surface area contributed by atoms with E-state index in [0.29, 0.717) is 50.5 Å². The number of piperidine rings is 1. The summed E-state index contributed by atoms with van der Waals surface area (Å²) in [5.74, 6) is 0.852. The van der Waals surface area contributed by atoms with Gasteiger partial charge in [-0.15, -0.1) is 0 Å². The normalized spacial score (nSPS) is 15.4. The Bertz CT molecular complexity index is 1240. The minimum absolute atomic E-state index is 0.0882. The molecule has 0 bridgehead atoms. The van der Waals surface area contributed by atoms with Gasteiger partial charge in [0.2, 0.25) is 11.8 Å². The van der Waals surface area contributed by atoms with Gasteiger partial charge < -0.3 is 14.5 Å². The summed E-state index contributed by atoms with van der Waals surface area (Å²) in [6, 6.07) is 25.7. The summed E-state index contributed by atoms with van der Waals surface area (Å²) in [5, 5.41) is 0.700. The second-order valence-corrected chi connectivity index (χ2v) is 11.2. The number of benzene rings is 3. The molecular formula is C33H39ClN2O3. The molecule has 6 heteroatoms. The van der Waals surface area contributed by atoms with Gasteiger partial charge >= 0.3 is 0 Å². The van der Waals surface area contributed by atoms with Gasteiger partial charge in [-0.3, -0.25) is 9.59 Å². The van der Waals surface area contributed by atoms with Crippen LogP contribution in [0.2, 0.25) is 5.02 Å². The Morgan fingerprint density at radius 1 is 1.00 bits per heavy atom. The highest BCUT2D eigenvalue weighted by atomic mass is 35.5. The van der Waals surface area contributed by atoms with Crippen molar-refractivity contribution in [3.8, 4) is 5.75 Å². The largest absolute Gasteiger partial charge is 0.493 e. The van der Waals surface area contributed by atoms with Crippen molar-refractivity contribution in [3.05, 3.63) is 101 Å². The van der Waals surface area contributed by atoms with Gasteiger partial charge in [-0.1, -0.05) is 79.2 Å². The Hall–Kier alpha value is -3.31. The van der Waals surface area contributed by atoms with Crippen LogP contribution in [0.5, 0.6) is 5.75 Å². The zero-order valence-electron chi connectivity index (χ0n) is 23.2. The van der Waals surface area contributed by atoms with E-state index in [0.717, 1.165) is 28.9 Å². The van der Waals surface area contributed by atoms with Crippen LogP contribution >= 0.6 is 11.6 Å². The predicted octanol–water partition coefficient (Wildman–Crippen LogP) is 6.88. The summed E-state index contributed by atoms with van der Waals surface area (Å²) in [6.45, 7) is 6.21. The fourth-order valence-corrected chi connectivity index (χ4v) is 5.49. The van der Waals surface area contributed by atoms with E-state index in [1.165, 1.54) is 0 Å². The van der Waals surface area contributed by atoms with Gasteiger partial charge in [-0.25, -0.2) is 0 Å². The van der Waals surface area contributed by atoms with Crippen molar-refractivity contribution in [2.75, 3.05) is 26.7 Å². The molecule has 0 unspecified atom stereocenters. The van der Waals surface area contributed by atoms with Gasteiger partial charge in [0.05, 0.1) is 12.5 Å². The van der Waals surface area contributed by atoms with Crippen LogP contribution in [-0.2, 0) is 16.1 Å². The van der Waals surface area contributed by atoms with E-state index < -0.39 is 0 Å². The van der Waals surface area contributed by atoms with Crippen LogP contribution < -0.4 is 4.74 Å². The molecule has 1 atom stereocenters. The maximum atomic E-state index is 13.5. The number of aryl methyl sites for hydroxylation is 1. The van der Waals surface area contributed by atoms with Gasteiger partial charge in [0.25, 0.3) is 0 Å². The Kier molecular flexibility index (Phi) is 9.68. The lowest BCUT2D eigenvalue weighted by molar-refractivity contribution is -0.138. The first kappa shape index (κ1) is 28.7. The molecule has 0 aliphatic carbocycles. The van der Waals surface area contributed by atoms with Crippen LogP contribution in [0.4, 0.5) is 0 Å². The molecule has 0 radical (unpaired) electrons. The Morgan fingerprint density at radius 2 is 1.64 bits per heavy atom. The molecule has 1 aliphatic heterocycles. The summed E-state index contributed by atoms with van der Waals surface area (Å²) in [7, 11) is 1.86. The number of halogens is 1. The van der Waals surface area contributed by atoms with Crippen LogP contribution in [0.15, 0.2) is 78.9 Å². The molecule has 206 valence electrons. The average molecular weight is 547 g/mol. The van der Waals surface area contributed by atoms with Crippen molar-refractivity contribution >= 4 is 23.4 Å². The molecule has 1 fully saturated rings. The zero-order chi connectivity index (χ0) is 27.8. The molecule has 39 heavy (non-hydrogen) atoms. The number of likely N-dealkylation sites (tertiary alicyclic amines) is 1. The second-order valence-electron chi connectivity index (χ2n) is 10.8. The molecule has 1 heterocycles. The molecule has 0 spiro atoms. The average Bonchev–Trinajstić information content (AvgIpc) is 2.95. The van der Waals surface area contributed by atoms with Crippen molar-refractivity contribution in [1.29, 1.82) is 0 Å². The minimum atomic E-state index is -0.360. The molecule has 4 rings (SSSR count). The predicted molar refractivity (Wildman–Crippen MR) is 157 cm³/mol. The quantitative estimate of drug-likeness (QED) is 0.278. The lowest BCUT2D eigenvalue weighted by atomic mass is 9.75. The minimum Gasteiger partial charge on any atom is -0.493 e. The topological polar surface area (TPSA) is 49.9 Å². The van der Waals surface area contributed by atoms with E-state index >= 15 is 0 Å². The maximum absolute atomic E-state index is 13.5. The van der Waals surface area contributed by atoms with E-state index in [4.69, 9.17) is 16.3 Å². The maximum Gasteiger partial charge on any atom is 0.230 e. The fraction of sp³-hybridized carbons (Fsp3) is 0.394. The molecule has 0 N–H and O–H groups in total.